The van der Waals surface area contributed by atoms with Gasteiger partial charge in [-0.05, 0) is 24.6 Å². The molecule has 0 fully saturated rings. The van der Waals surface area contributed by atoms with Gasteiger partial charge in [-0.1, -0.05) is 32.9 Å². The number of nitrogens with one attached hydrogen (secondary N) is 1. The lowest BCUT2D eigenvalue weighted by atomic mass is 10.3. The lowest BCUT2D eigenvalue weighted by Gasteiger charge is -2.18. The van der Waals surface area contributed by atoms with Crippen molar-refractivity contribution in [3.8, 4) is 0 Å². The number of carbonyl (C=O) groups excluding carboxylic acids is 2. The van der Waals surface area contributed by atoms with Gasteiger partial charge in [-0.2, -0.15) is 4.31 Å². The summed E-state index contributed by atoms with van der Waals surface area (Å²) < 4.78 is 31.1. The van der Waals surface area contributed by atoms with E-state index in [-0.39, 0.29) is 4.90 Å². The van der Waals surface area contributed by atoms with Gasteiger partial charge in [-0.3, -0.25) is 4.79 Å². The van der Waals surface area contributed by atoms with E-state index in [9.17, 15) is 18.0 Å². The number of esters is 1. The standard InChI is InChI=1S/C17H24N2O5S/c1-4-7-11-17(21)24-13-16(20)18-14-9-8-10-15(12-14)25(22,23)19(5-2)6-3/h7-12H,4-6,13H2,1-3H3,(H,18,20)/b11-7+. The summed E-state index contributed by atoms with van der Waals surface area (Å²) in [4.78, 5) is 23.2. The fourth-order valence-electron chi connectivity index (χ4n) is 2.04. The molecule has 0 aliphatic heterocycles. The Hall–Kier alpha value is -2.19. The van der Waals surface area contributed by atoms with E-state index in [0.717, 1.165) is 0 Å². The summed E-state index contributed by atoms with van der Waals surface area (Å²) in [6.45, 7) is 5.66. The Morgan fingerprint density at radius 1 is 1.20 bits per heavy atom. The third kappa shape index (κ3) is 6.32. The van der Waals surface area contributed by atoms with E-state index < -0.39 is 28.5 Å². The molecule has 1 rings (SSSR count). The van der Waals surface area contributed by atoms with Crippen molar-refractivity contribution < 1.29 is 22.7 Å². The van der Waals surface area contributed by atoms with Gasteiger partial charge in [0.25, 0.3) is 5.91 Å². The second kappa shape index (κ2) is 9.95. The molecule has 0 aliphatic rings. The average molecular weight is 368 g/mol. The monoisotopic (exact) mass is 368 g/mol. The fraction of sp³-hybridized carbons (Fsp3) is 0.412. The van der Waals surface area contributed by atoms with Crippen molar-refractivity contribution >= 4 is 27.6 Å². The summed E-state index contributed by atoms with van der Waals surface area (Å²) in [5.41, 5.74) is 0.318. The predicted octanol–water partition coefficient (Wildman–Crippen LogP) is 2.17. The van der Waals surface area contributed by atoms with Crippen LogP contribution in [0.1, 0.15) is 27.2 Å². The number of anilines is 1. The molecule has 1 amide bonds. The van der Waals surface area contributed by atoms with Crippen LogP contribution in [0, 0.1) is 0 Å². The Morgan fingerprint density at radius 2 is 1.88 bits per heavy atom. The van der Waals surface area contributed by atoms with Crippen LogP contribution in [0.2, 0.25) is 0 Å². The van der Waals surface area contributed by atoms with Crippen molar-refractivity contribution in [2.24, 2.45) is 0 Å². The van der Waals surface area contributed by atoms with Crippen LogP contribution in [-0.2, 0) is 24.3 Å². The summed E-state index contributed by atoms with van der Waals surface area (Å²) in [7, 11) is -3.61. The number of amides is 1. The number of allylic oxidation sites excluding steroid dienone is 1. The third-order valence-electron chi connectivity index (χ3n) is 3.30. The zero-order valence-electron chi connectivity index (χ0n) is 14.7. The van der Waals surface area contributed by atoms with E-state index in [1.165, 1.54) is 22.5 Å². The molecular formula is C17H24N2O5S. The highest BCUT2D eigenvalue weighted by Gasteiger charge is 2.21. The number of ether oxygens (including phenoxy) is 1. The van der Waals surface area contributed by atoms with Crippen molar-refractivity contribution in [2.75, 3.05) is 25.0 Å². The summed E-state index contributed by atoms with van der Waals surface area (Å²) in [6, 6.07) is 5.96. The number of rotatable bonds is 9. The molecule has 8 heteroatoms. The van der Waals surface area contributed by atoms with Crippen LogP contribution in [0.5, 0.6) is 0 Å². The molecule has 0 radical (unpaired) electrons. The Balaban J connectivity index is 2.77. The van der Waals surface area contributed by atoms with Crippen LogP contribution in [-0.4, -0.2) is 44.3 Å². The molecule has 7 nitrogen and oxygen atoms in total. The molecular weight excluding hydrogens is 344 g/mol. The molecule has 0 saturated heterocycles. The zero-order chi connectivity index (χ0) is 18.9. The minimum atomic E-state index is -3.61. The quantitative estimate of drug-likeness (QED) is 0.533. The van der Waals surface area contributed by atoms with Gasteiger partial charge in [0.05, 0.1) is 4.90 Å². The van der Waals surface area contributed by atoms with Gasteiger partial charge >= 0.3 is 5.97 Å². The lowest BCUT2D eigenvalue weighted by Crippen LogP contribution is -2.30. The van der Waals surface area contributed by atoms with Crippen LogP contribution >= 0.6 is 0 Å². The summed E-state index contributed by atoms with van der Waals surface area (Å²) in [5.74, 6) is -1.15. The molecule has 0 saturated carbocycles. The average Bonchev–Trinajstić information content (AvgIpc) is 2.59. The van der Waals surface area contributed by atoms with Gasteiger partial charge in [-0.15, -0.1) is 0 Å². The number of benzene rings is 1. The van der Waals surface area contributed by atoms with E-state index in [2.05, 4.69) is 5.32 Å². The minimum Gasteiger partial charge on any atom is -0.452 e. The van der Waals surface area contributed by atoms with Crippen molar-refractivity contribution in [1.82, 2.24) is 4.31 Å². The van der Waals surface area contributed by atoms with Crippen LogP contribution in [0.15, 0.2) is 41.3 Å². The largest absolute Gasteiger partial charge is 0.452 e. The van der Waals surface area contributed by atoms with Crippen molar-refractivity contribution in [2.45, 2.75) is 32.1 Å². The van der Waals surface area contributed by atoms with Crippen LogP contribution in [0.4, 0.5) is 5.69 Å². The first kappa shape index (κ1) is 20.9. The SMILES string of the molecule is CC/C=C/C(=O)OCC(=O)Nc1cccc(S(=O)(=O)N(CC)CC)c1. The fourth-order valence-corrected chi connectivity index (χ4v) is 3.55. The summed E-state index contributed by atoms with van der Waals surface area (Å²) in [6.07, 6.45) is 3.57. The maximum Gasteiger partial charge on any atom is 0.330 e. The Bertz CT molecular complexity index is 724. The molecule has 25 heavy (non-hydrogen) atoms. The van der Waals surface area contributed by atoms with Gasteiger partial charge in [0.15, 0.2) is 6.61 Å². The highest BCUT2D eigenvalue weighted by atomic mass is 32.2. The van der Waals surface area contributed by atoms with E-state index in [1.54, 1.807) is 32.1 Å². The van der Waals surface area contributed by atoms with Crippen LogP contribution in [0.3, 0.4) is 0 Å². The topological polar surface area (TPSA) is 92.8 Å². The summed E-state index contributed by atoms with van der Waals surface area (Å²) in [5, 5.41) is 2.52. The van der Waals surface area contributed by atoms with E-state index >= 15 is 0 Å². The second-order valence-corrected chi connectivity index (χ2v) is 7.02. The highest BCUT2D eigenvalue weighted by Crippen LogP contribution is 2.19. The Kier molecular flexibility index (Phi) is 8.30. The minimum absolute atomic E-state index is 0.0943. The van der Waals surface area contributed by atoms with E-state index in [1.807, 2.05) is 6.92 Å². The maximum atomic E-state index is 12.5. The lowest BCUT2D eigenvalue weighted by molar-refractivity contribution is -0.142. The molecule has 1 aromatic rings. The summed E-state index contributed by atoms with van der Waals surface area (Å²) >= 11 is 0. The Labute approximate surface area is 148 Å². The normalized spacial score (nSPS) is 11.7. The van der Waals surface area contributed by atoms with Crippen molar-refractivity contribution in [3.05, 3.63) is 36.4 Å². The van der Waals surface area contributed by atoms with E-state index in [0.29, 0.717) is 25.2 Å². The predicted molar refractivity (Wildman–Crippen MR) is 95.6 cm³/mol. The van der Waals surface area contributed by atoms with Gasteiger partial charge in [0.2, 0.25) is 10.0 Å². The van der Waals surface area contributed by atoms with E-state index in [4.69, 9.17) is 4.74 Å². The first-order chi connectivity index (χ1) is 11.8. The number of carbonyl (C=O) groups is 2. The molecule has 0 bridgehead atoms. The van der Waals surface area contributed by atoms with Crippen molar-refractivity contribution in [1.29, 1.82) is 0 Å². The maximum absolute atomic E-state index is 12.5. The van der Waals surface area contributed by atoms with Crippen LogP contribution in [0.25, 0.3) is 0 Å². The number of sulfonamides is 1. The van der Waals surface area contributed by atoms with Crippen molar-refractivity contribution in [3.63, 3.8) is 0 Å². The number of hydrogen-bond acceptors (Lipinski definition) is 5. The molecule has 1 aromatic carbocycles. The van der Waals surface area contributed by atoms with Crippen LogP contribution < -0.4 is 5.32 Å². The van der Waals surface area contributed by atoms with Gasteiger partial charge in [-0.25, -0.2) is 13.2 Å². The van der Waals surface area contributed by atoms with Gasteiger partial charge in [0, 0.05) is 24.9 Å². The molecule has 0 heterocycles. The molecule has 0 atom stereocenters. The molecule has 0 unspecified atom stereocenters. The smallest absolute Gasteiger partial charge is 0.330 e. The zero-order valence-corrected chi connectivity index (χ0v) is 15.5. The molecule has 0 aliphatic carbocycles. The van der Waals surface area contributed by atoms with Gasteiger partial charge < -0.3 is 10.1 Å². The first-order valence-corrected chi connectivity index (χ1v) is 9.52. The molecule has 138 valence electrons. The number of nitrogens with zero attached hydrogens (tertiary/aromatic N) is 1. The third-order valence-corrected chi connectivity index (χ3v) is 5.34. The highest BCUT2D eigenvalue weighted by molar-refractivity contribution is 7.89. The second-order valence-electron chi connectivity index (χ2n) is 5.08. The van der Waals surface area contributed by atoms with Gasteiger partial charge in [0.1, 0.15) is 0 Å². The first-order valence-electron chi connectivity index (χ1n) is 8.08. The molecule has 0 aromatic heterocycles. The Morgan fingerprint density at radius 3 is 2.48 bits per heavy atom. The molecule has 0 spiro atoms. The number of hydrogen-bond donors (Lipinski definition) is 1. The molecule has 1 N–H and O–H groups in total.